The Balaban J connectivity index is 2.55. The van der Waals surface area contributed by atoms with E-state index in [-0.39, 0.29) is 11.9 Å². The number of hydrogen-bond donors (Lipinski definition) is 1. The molecule has 0 aliphatic rings. The van der Waals surface area contributed by atoms with Gasteiger partial charge in [-0.25, -0.2) is 0 Å². The molecule has 0 spiro atoms. The van der Waals surface area contributed by atoms with Crippen molar-refractivity contribution in [2.45, 2.75) is 26.8 Å². The molecular weight excluding hydrogens is 200 g/mol. The maximum absolute atomic E-state index is 11.6. The van der Waals surface area contributed by atoms with Gasteiger partial charge in [-0.15, -0.1) is 0 Å². The summed E-state index contributed by atoms with van der Waals surface area (Å²) in [6, 6.07) is 8.34. The predicted octanol–water partition coefficient (Wildman–Crippen LogP) is 1.96. The van der Waals surface area contributed by atoms with Gasteiger partial charge < -0.3 is 10.2 Å². The SMILES string of the molecule is Cc1ccc(N(C)CC(=O)NC(C)C)cc1. The highest BCUT2D eigenvalue weighted by atomic mass is 16.2. The minimum atomic E-state index is 0.0538. The highest BCUT2D eigenvalue weighted by Gasteiger charge is 2.07. The fourth-order valence-electron chi connectivity index (χ4n) is 1.47. The van der Waals surface area contributed by atoms with Crippen molar-refractivity contribution < 1.29 is 4.79 Å². The van der Waals surface area contributed by atoms with E-state index in [0.717, 1.165) is 5.69 Å². The van der Waals surface area contributed by atoms with E-state index >= 15 is 0 Å². The lowest BCUT2D eigenvalue weighted by Crippen LogP contribution is -2.38. The van der Waals surface area contributed by atoms with E-state index in [0.29, 0.717) is 6.54 Å². The monoisotopic (exact) mass is 220 g/mol. The Labute approximate surface area is 97.5 Å². The molecule has 1 aromatic carbocycles. The first-order valence-electron chi connectivity index (χ1n) is 5.56. The van der Waals surface area contributed by atoms with Crippen LogP contribution in [0.3, 0.4) is 0 Å². The smallest absolute Gasteiger partial charge is 0.239 e. The summed E-state index contributed by atoms with van der Waals surface area (Å²) in [4.78, 5) is 13.5. The molecule has 0 aliphatic carbocycles. The summed E-state index contributed by atoms with van der Waals surface area (Å²) in [7, 11) is 1.92. The van der Waals surface area contributed by atoms with Crippen LogP contribution in [0.5, 0.6) is 0 Å². The lowest BCUT2D eigenvalue weighted by Gasteiger charge is -2.19. The third kappa shape index (κ3) is 3.93. The summed E-state index contributed by atoms with van der Waals surface area (Å²) in [5.74, 6) is 0.0538. The van der Waals surface area contributed by atoms with Gasteiger partial charge in [-0.2, -0.15) is 0 Å². The highest BCUT2D eigenvalue weighted by molar-refractivity contribution is 5.81. The van der Waals surface area contributed by atoms with Crippen molar-refractivity contribution in [3.05, 3.63) is 29.8 Å². The molecule has 1 aromatic rings. The van der Waals surface area contributed by atoms with Crippen molar-refractivity contribution in [2.75, 3.05) is 18.5 Å². The second-order valence-corrected chi connectivity index (χ2v) is 4.41. The molecule has 0 saturated carbocycles. The van der Waals surface area contributed by atoms with Gasteiger partial charge in [-0.1, -0.05) is 17.7 Å². The molecule has 0 atom stereocenters. The Morgan fingerprint density at radius 2 is 1.88 bits per heavy atom. The fraction of sp³-hybridized carbons (Fsp3) is 0.462. The van der Waals surface area contributed by atoms with Crippen LogP contribution in [0.4, 0.5) is 5.69 Å². The van der Waals surface area contributed by atoms with Gasteiger partial charge in [-0.3, -0.25) is 4.79 Å². The Kier molecular flexibility index (Phi) is 4.35. The third-order valence-electron chi connectivity index (χ3n) is 2.31. The standard InChI is InChI=1S/C13H20N2O/c1-10(2)14-13(16)9-15(4)12-7-5-11(3)6-8-12/h5-8,10H,9H2,1-4H3,(H,14,16). The number of benzene rings is 1. The zero-order chi connectivity index (χ0) is 12.1. The molecule has 0 bridgehead atoms. The van der Waals surface area contributed by atoms with Crippen LogP contribution in [-0.2, 0) is 4.79 Å². The van der Waals surface area contributed by atoms with E-state index in [1.54, 1.807) is 0 Å². The molecule has 16 heavy (non-hydrogen) atoms. The summed E-state index contributed by atoms with van der Waals surface area (Å²) in [5.41, 5.74) is 2.29. The second-order valence-electron chi connectivity index (χ2n) is 4.41. The molecule has 0 radical (unpaired) electrons. The van der Waals surface area contributed by atoms with Gasteiger partial charge in [0.1, 0.15) is 0 Å². The van der Waals surface area contributed by atoms with Gasteiger partial charge in [-0.05, 0) is 32.9 Å². The fourth-order valence-corrected chi connectivity index (χ4v) is 1.47. The number of hydrogen-bond acceptors (Lipinski definition) is 2. The molecule has 1 N–H and O–H groups in total. The third-order valence-corrected chi connectivity index (χ3v) is 2.31. The van der Waals surface area contributed by atoms with Crippen LogP contribution in [0.25, 0.3) is 0 Å². The zero-order valence-corrected chi connectivity index (χ0v) is 10.4. The molecule has 0 heterocycles. The lowest BCUT2D eigenvalue weighted by molar-refractivity contribution is -0.120. The first-order valence-corrected chi connectivity index (χ1v) is 5.56. The van der Waals surface area contributed by atoms with Crippen LogP contribution >= 0.6 is 0 Å². The number of aryl methyl sites for hydroxylation is 1. The van der Waals surface area contributed by atoms with Crippen molar-refractivity contribution in [3.8, 4) is 0 Å². The van der Waals surface area contributed by atoms with E-state index in [1.165, 1.54) is 5.56 Å². The summed E-state index contributed by atoms with van der Waals surface area (Å²) < 4.78 is 0. The average molecular weight is 220 g/mol. The number of nitrogens with zero attached hydrogens (tertiary/aromatic N) is 1. The van der Waals surface area contributed by atoms with E-state index in [9.17, 15) is 4.79 Å². The number of anilines is 1. The zero-order valence-electron chi connectivity index (χ0n) is 10.4. The van der Waals surface area contributed by atoms with Crippen molar-refractivity contribution in [1.82, 2.24) is 5.32 Å². The van der Waals surface area contributed by atoms with Gasteiger partial charge in [0.25, 0.3) is 0 Å². The van der Waals surface area contributed by atoms with Gasteiger partial charge >= 0.3 is 0 Å². The van der Waals surface area contributed by atoms with Gasteiger partial charge in [0.2, 0.25) is 5.91 Å². The maximum atomic E-state index is 11.6. The number of carbonyl (C=O) groups excluding carboxylic acids is 1. The summed E-state index contributed by atoms with van der Waals surface area (Å²) in [6.07, 6.45) is 0. The molecule has 3 heteroatoms. The van der Waals surface area contributed by atoms with Crippen LogP contribution in [0.1, 0.15) is 19.4 Å². The maximum Gasteiger partial charge on any atom is 0.239 e. The molecule has 0 aromatic heterocycles. The molecule has 0 fully saturated rings. The van der Waals surface area contributed by atoms with Gasteiger partial charge in [0, 0.05) is 18.8 Å². The normalized spacial score (nSPS) is 10.3. The molecule has 3 nitrogen and oxygen atoms in total. The van der Waals surface area contributed by atoms with Crippen LogP contribution in [0.2, 0.25) is 0 Å². The second kappa shape index (κ2) is 5.54. The summed E-state index contributed by atoms with van der Waals surface area (Å²) in [6.45, 7) is 6.37. The number of carbonyl (C=O) groups is 1. The number of likely N-dealkylation sites (N-methyl/N-ethyl adjacent to an activating group) is 1. The van der Waals surface area contributed by atoms with Crippen molar-refractivity contribution >= 4 is 11.6 Å². The van der Waals surface area contributed by atoms with Crippen molar-refractivity contribution in [2.24, 2.45) is 0 Å². The molecule has 1 amide bonds. The van der Waals surface area contributed by atoms with Gasteiger partial charge in [0.05, 0.1) is 6.54 Å². The van der Waals surface area contributed by atoms with E-state index in [2.05, 4.69) is 12.2 Å². The first kappa shape index (κ1) is 12.6. The number of rotatable bonds is 4. The van der Waals surface area contributed by atoms with Crippen LogP contribution in [0.15, 0.2) is 24.3 Å². The molecule has 0 unspecified atom stereocenters. The van der Waals surface area contributed by atoms with E-state index in [4.69, 9.17) is 0 Å². The minimum absolute atomic E-state index is 0.0538. The predicted molar refractivity (Wildman–Crippen MR) is 67.7 cm³/mol. The lowest BCUT2D eigenvalue weighted by atomic mass is 10.2. The van der Waals surface area contributed by atoms with E-state index < -0.39 is 0 Å². The summed E-state index contributed by atoms with van der Waals surface area (Å²) in [5, 5.41) is 2.87. The molecular formula is C13H20N2O. The molecule has 0 saturated heterocycles. The Morgan fingerprint density at radius 1 is 1.31 bits per heavy atom. The quantitative estimate of drug-likeness (QED) is 0.841. The first-order chi connectivity index (χ1) is 7.49. The number of amides is 1. The Hall–Kier alpha value is -1.51. The largest absolute Gasteiger partial charge is 0.365 e. The van der Waals surface area contributed by atoms with Crippen LogP contribution in [-0.4, -0.2) is 25.5 Å². The Morgan fingerprint density at radius 3 is 2.38 bits per heavy atom. The minimum Gasteiger partial charge on any atom is -0.365 e. The van der Waals surface area contributed by atoms with Gasteiger partial charge in [0.15, 0.2) is 0 Å². The molecule has 88 valence electrons. The van der Waals surface area contributed by atoms with Crippen molar-refractivity contribution in [1.29, 1.82) is 0 Å². The highest BCUT2D eigenvalue weighted by Crippen LogP contribution is 2.12. The van der Waals surface area contributed by atoms with E-state index in [1.807, 2.05) is 50.1 Å². The molecule has 0 aliphatic heterocycles. The van der Waals surface area contributed by atoms with Crippen LogP contribution in [0, 0.1) is 6.92 Å². The molecule has 1 rings (SSSR count). The summed E-state index contributed by atoms with van der Waals surface area (Å²) >= 11 is 0. The average Bonchev–Trinajstić information content (AvgIpc) is 2.16. The Bertz CT molecular complexity index is 343. The van der Waals surface area contributed by atoms with Crippen molar-refractivity contribution in [3.63, 3.8) is 0 Å². The van der Waals surface area contributed by atoms with Crippen LogP contribution < -0.4 is 10.2 Å². The number of nitrogens with one attached hydrogen (secondary N) is 1. The topological polar surface area (TPSA) is 32.3 Å².